The van der Waals surface area contributed by atoms with E-state index in [1.54, 1.807) is 30.5 Å². The first-order valence-corrected chi connectivity index (χ1v) is 7.33. The van der Waals surface area contributed by atoms with Crippen LogP contribution in [-0.2, 0) is 6.54 Å². The molecule has 3 rings (SSSR count). The second-order valence-electron chi connectivity index (χ2n) is 5.09. The summed E-state index contributed by atoms with van der Waals surface area (Å²) < 4.78 is 1.90. The third-order valence-corrected chi connectivity index (χ3v) is 3.51. The van der Waals surface area contributed by atoms with Gasteiger partial charge >= 0.3 is 0 Å². The maximum atomic E-state index is 12.8. The zero-order valence-corrected chi connectivity index (χ0v) is 13.0. The number of benzene rings is 1. The van der Waals surface area contributed by atoms with E-state index in [0.29, 0.717) is 17.8 Å². The third kappa shape index (κ3) is 2.89. The van der Waals surface area contributed by atoms with Crippen LogP contribution in [0.4, 0.5) is 0 Å². The summed E-state index contributed by atoms with van der Waals surface area (Å²) >= 11 is 0. The largest absolute Gasteiger partial charge is 0.313 e. The van der Waals surface area contributed by atoms with Gasteiger partial charge in [0, 0.05) is 11.8 Å². The van der Waals surface area contributed by atoms with Crippen LogP contribution in [0.5, 0.6) is 0 Å². The zero-order chi connectivity index (χ0) is 16.2. The molecule has 0 unspecified atom stereocenters. The van der Waals surface area contributed by atoms with Gasteiger partial charge in [0.05, 0.1) is 12.2 Å². The maximum absolute atomic E-state index is 12.8. The van der Waals surface area contributed by atoms with E-state index in [9.17, 15) is 4.79 Å². The molecule has 3 aromatic rings. The van der Waals surface area contributed by atoms with Gasteiger partial charge in [-0.15, -0.1) is 10.2 Å². The number of carbonyl (C=O) groups excluding carboxylic acids is 1. The number of nitrogens with one attached hydrogen (secondary N) is 1. The topological polar surface area (TPSA) is 72.7 Å². The molecule has 23 heavy (non-hydrogen) atoms. The van der Waals surface area contributed by atoms with Crippen LogP contribution < -0.4 is 5.32 Å². The van der Waals surface area contributed by atoms with E-state index in [2.05, 4.69) is 20.5 Å². The van der Waals surface area contributed by atoms with Crippen LogP contribution in [0.25, 0.3) is 5.69 Å². The van der Waals surface area contributed by atoms with Gasteiger partial charge in [-0.3, -0.25) is 14.3 Å². The van der Waals surface area contributed by atoms with Crippen LogP contribution in [0.1, 0.15) is 27.7 Å². The van der Waals surface area contributed by atoms with Crippen LogP contribution in [0, 0.1) is 6.92 Å². The number of pyridine rings is 1. The van der Waals surface area contributed by atoms with Crippen LogP contribution in [-0.4, -0.2) is 32.6 Å². The molecule has 0 aliphatic carbocycles. The van der Waals surface area contributed by atoms with Crippen molar-refractivity contribution >= 4 is 5.78 Å². The molecule has 0 aliphatic heterocycles. The predicted octanol–water partition coefficient (Wildman–Crippen LogP) is 1.92. The van der Waals surface area contributed by atoms with Gasteiger partial charge in [0.15, 0.2) is 5.82 Å². The van der Waals surface area contributed by atoms with Gasteiger partial charge < -0.3 is 5.32 Å². The summed E-state index contributed by atoms with van der Waals surface area (Å²) in [6.07, 6.45) is 1.62. The lowest BCUT2D eigenvalue weighted by Gasteiger charge is -2.13. The van der Waals surface area contributed by atoms with E-state index >= 15 is 0 Å². The fourth-order valence-corrected chi connectivity index (χ4v) is 2.49. The molecule has 1 N–H and O–H groups in total. The Kier molecular flexibility index (Phi) is 4.25. The van der Waals surface area contributed by atoms with Crippen molar-refractivity contribution in [1.82, 2.24) is 25.1 Å². The van der Waals surface area contributed by atoms with Crippen LogP contribution in [0.3, 0.4) is 0 Å². The van der Waals surface area contributed by atoms with Crippen LogP contribution in [0.2, 0.25) is 0 Å². The van der Waals surface area contributed by atoms with Crippen LogP contribution >= 0.6 is 0 Å². The van der Waals surface area contributed by atoms with Gasteiger partial charge in [0.1, 0.15) is 11.5 Å². The number of hydrogen-bond acceptors (Lipinski definition) is 5. The summed E-state index contributed by atoms with van der Waals surface area (Å²) in [5, 5.41) is 11.4. The lowest BCUT2D eigenvalue weighted by molar-refractivity contribution is 0.103. The average molecular weight is 307 g/mol. The van der Waals surface area contributed by atoms with Gasteiger partial charge in [-0.2, -0.15) is 0 Å². The summed E-state index contributed by atoms with van der Waals surface area (Å²) in [5.74, 6) is 1.37. The second-order valence-corrected chi connectivity index (χ2v) is 5.09. The number of aromatic nitrogens is 4. The van der Waals surface area contributed by atoms with Crippen molar-refractivity contribution in [3.05, 3.63) is 71.6 Å². The first kappa shape index (κ1) is 15.1. The molecule has 0 spiro atoms. The Hall–Kier alpha value is -2.86. The minimum absolute atomic E-state index is 0.121. The Morgan fingerprint density at radius 2 is 1.91 bits per heavy atom. The lowest BCUT2D eigenvalue weighted by Crippen LogP contribution is -2.15. The molecule has 116 valence electrons. The second kappa shape index (κ2) is 6.50. The van der Waals surface area contributed by atoms with Crippen molar-refractivity contribution in [3.8, 4) is 5.69 Å². The Morgan fingerprint density at radius 3 is 2.65 bits per heavy atom. The highest BCUT2D eigenvalue weighted by molar-refractivity contribution is 6.10. The lowest BCUT2D eigenvalue weighted by atomic mass is 10.1. The van der Waals surface area contributed by atoms with E-state index in [0.717, 1.165) is 17.3 Å². The molecule has 0 saturated heterocycles. The van der Waals surface area contributed by atoms with Crippen molar-refractivity contribution in [2.45, 2.75) is 13.5 Å². The minimum Gasteiger partial charge on any atom is -0.313 e. The SMILES string of the molecule is CNCc1nnc(C)n1-c1ccccc1C(=O)c1ccccn1. The molecule has 0 fully saturated rings. The summed E-state index contributed by atoms with van der Waals surface area (Å²) in [6.45, 7) is 2.43. The number of rotatable bonds is 5. The van der Waals surface area contributed by atoms with E-state index in [-0.39, 0.29) is 5.78 Å². The average Bonchev–Trinajstić information content (AvgIpc) is 2.96. The molecule has 1 aromatic carbocycles. The molecule has 2 heterocycles. The molecule has 6 heteroatoms. The smallest absolute Gasteiger partial charge is 0.213 e. The normalized spacial score (nSPS) is 10.7. The van der Waals surface area contributed by atoms with Crippen molar-refractivity contribution < 1.29 is 4.79 Å². The fraction of sp³-hybridized carbons (Fsp3) is 0.176. The summed E-state index contributed by atoms with van der Waals surface area (Å²) in [4.78, 5) is 17.0. The van der Waals surface area contributed by atoms with Crippen molar-refractivity contribution in [3.63, 3.8) is 0 Å². The summed E-state index contributed by atoms with van der Waals surface area (Å²) in [7, 11) is 1.85. The first-order chi connectivity index (χ1) is 11.2. The molecule has 0 aliphatic rings. The molecule has 0 bridgehead atoms. The van der Waals surface area contributed by atoms with E-state index in [1.807, 2.05) is 36.7 Å². The van der Waals surface area contributed by atoms with E-state index in [4.69, 9.17) is 0 Å². The van der Waals surface area contributed by atoms with Gasteiger partial charge in [-0.25, -0.2) is 0 Å². The van der Waals surface area contributed by atoms with Gasteiger partial charge in [0.25, 0.3) is 0 Å². The quantitative estimate of drug-likeness (QED) is 0.729. The summed E-state index contributed by atoms with van der Waals surface area (Å²) in [5.41, 5.74) is 1.75. The van der Waals surface area contributed by atoms with Gasteiger partial charge in [0.2, 0.25) is 5.78 Å². The van der Waals surface area contributed by atoms with Gasteiger partial charge in [-0.05, 0) is 38.2 Å². The molecule has 2 aromatic heterocycles. The molecular formula is C17H17N5O. The molecule has 0 atom stereocenters. The molecular weight excluding hydrogens is 290 g/mol. The van der Waals surface area contributed by atoms with Crippen LogP contribution in [0.15, 0.2) is 48.7 Å². The summed E-state index contributed by atoms with van der Waals surface area (Å²) in [6, 6.07) is 12.7. The van der Waals surface area contributed by atoms with E-state index in [1.165, 1.54) is 0 Å². The Morgan fingerprint density at radius 1 is 1.13 bits per heavy atom. The number of carbonyl (C=O) groups is 1. The maximum Gasteiger partial charge on any atom is 0.213 e. The molecule has 6 nitrogen and oxygen atoms in total. The minimum atomic E-state index is -0.121. The standard InChI is InChI=1S/C17H17N5O/c1-12-20-21-16(11-18-2)22(12)15-9-4-3-7-13(15)17(23)14-8-5-6-10-19-14/h3-10,18H,11H2,1-2H3. The predicted molar refractivity (Wildman–Crippen MR) is 86.5 cm³/mol. The highest BCUT2D eigenvalue weighted by Crippen LogP contribution is 2.20. The monoisotopic (exact) mass is 307 g/mol. The number of hydrogen-bond donors (Lipinski definition) is 1. The Balaban J connectivity index is 2.13. The van der Waals surface area contributed by atoms with Gasteiger partial charge in [-0.1, -0.05) is 18.2 Å². The highest BCUT2D eigenvalue weighted by atomic mass is 16.1. The van der Waals surface area contributed by atoms with Crippen molar-refractivity contribution in [1.29, 1.82) is 0 Å². The zero-order valence-electron chi connectivity index (χ0n) is 13.0. The van der Waals surface area contributed by atoms with E-state index < -0.39 is 0 Å². The Bertz CT molecular complexity index is 826. The Labute approximate surface area is 134 Å². The number of aryl methyl sites for hydroxylation is 1. The number of para-hydroxylation sites is 1. The molecule has 0 saturated carbocycles. The van der Waals surface area contributed by atoms with Crippen molar-refractivity contribution in [2.24, 2.45) is 0 Å². The highest BCUT2D eigenvalue weighted by Gasteiger charge is 2.19. The number of ketones is 1. The molecule has 0 amide bonds. The number of nitrogens with zero attached hydrogens (tertiary/aromatic N) is 4. The fourth-order valence-electron chi connectivity index (χ4n) is 2.49. The first-order valence-electron chi connectivity index (χ1n) is 7.33. The molecule has 0 radical (unpaired) electrons. The van der Waals surface area contributed by atoms with Crippen molar-refractivity contribution in [2.75, 3.05) is 7.05 Å². The third-order valence-electron chi connectivity index (χ3n) is 3.51.